The summed E-state index contributed by atoms with van der Waals surface area (Å²) >= 11 is 6.04. The second-order valence-electron chi connectivity index (χ2n) is 3.42. The highest BCUT2D eigenvalue weighted by Crippen LogP contribution is 2.27. The molecule has 0 bridgehead atoms. The highest BCUT2D eigenvalue weighted by molar-refractivity contribution is 6.33. The second-order valence-corrected chi connectivity index (χ2v) is 3.80. The van der Waals surface area contributed by atoms with Crippen LogP contribution < -0.4 is 0 Å². The van der Waals surface area contributed by atoms with Crippen molar-refractivity contribution in [2.24, 2.45) is 0 Å². The van der Waals surface area contributed by atoms with Crippen molar-refractivity contribution in [3.63, 3.8) is 0 Å². The summed E-state index contributed by atoms with van der Waals surface area (Å²) in [6.45, 7) is 3.69. The van der Waals surface area contributed by atoms with E-state index in [9.17, 15) is 4.79 Å². The number of fused-ring (bicyclic) bond motifs is 1. The molecule has 15 heavy (non-hydrogen) atoms. The number of hydrogen-bond donors (Lipinski definition) is 2. The van der Waals surface area contributed by atoms with E-state index in [2.05, 4.69) is 9.97 Å². The number of aromatic nitrogens is 2. The molecule has 0 amide bonds. The molecule has 4 nitrogen and oxygen atoms in total. The maximum atomic E-state index is 10.7. The quantitative estimate of drug-likeness (QED) is 0.782. The molecule has 0 fully saturated rings. The number of carboxylic acid groups (broad SMARTS) is 1. The van der Waals surface area contributed by atoms with Crippen molar-refractivity contribution >= 4 is 28.6 Å². The van der Waals surface area contributed by atoms with Crippen molar-refractivity contribution < 1.29 is 9.90 Å². The van der Waals surface area contributed by atoms with E-state index in [-0.39, 0.29) is 5.82 Å². The number of imidazole rings is 1. The van der Waals surface area contributed by atoms with Crippen LogP contribution in [-0.2, 0) is 0 Å². The standard InChI is InChI=1S/C10H9ClN2O2/c1-4-3-6-8(5(2)7(4)11)13-9(12-6)10(14)15/h3H,1-2H3,(H,12,13)(H,14,15). The van der Waals surface area contributed by atoms with Crippen LogP contribution in [0.2, 0.25) is 5.02 Å². The smallest absolute Gasteiger partial charge is 0.371 e. The molecule has 2 aromatic rings. The van der Waals surface area contributed by atoms with Crippen LogP contribution in [0.4, 0.5) is 0 Å². The zero-order valence-corrected chi connectivity index (χ0v) is 9.01. The highest BCUT2D eigenvalue weighted by atomic mass is 35.5. The first-order valence-electron chi connectivity index (χ1n) is 4.39. The molecule has 0 saturated heterocycles. The molecule has 0 aliphatic rings. The number of H-pyrrole nitrogens is 1. The number of benzene rings is 1. The molecule has 1 aromatic carbocycles. The van der Waals surface area contributed by atoms with E-state index >= 15 is 0 Å². The Morgan fingerprint density at radius 3 is 2.80 bits per heavy atom. The largest absolute Gasteiger partial charge is 0.475 e. The van der Waals surface area contributed by atoms with Crippen LogP contribution in [-0.4, -0.2) is 21.0 Å². The van der Waals surface area contributed by atoms with Crippen molar-refractivity contribution in [1.29, 1.82) is 0 Å². The van der Waals surface area contributed by atoms with Gasteiger partial charge in [0, 0.05) is 5.02 Å². The molecule has 0 aliphatic carbocycles. The summed E-state index contributed by atoms with van der Waals surface area (Å²) in [5.74, 6) is -1.13. The maximum Gasteiger partial charge on any atom is 0.371 e. The first-order valence-corrected chi connectivity index (χ1v) is 4.77. The predicted octanol–water partition coefficient (Wildman–Crippen LogP) is 2.53. The molecule has 2 rings (SSSR count). The lowest BCUT2D eigenvalue weighted by atomic mass is 10.1. The summed E-state index contributed by atoms with van der Waals surface area (Å²) in [6, 6.07) is 1.80. The Kier molecular flexibility index (Phi) is 2.16. The summed E-state index contributed by atoms with van der Waals surface area (Å²) in [7, 11) is 0. The number of aromatic carboxylic acids is 1. The van der Waals surface area contributed by atoms with Gasteiger partial charge in [0.05, 0.1) is 11.0 Å². The van der Waals surface area contributed by atoms with Gasteiger partial charge in [-0.25, -0.2) is 9.78 Å². The molecule has 5 heteroatoms. The lowest BCUT2D eigenvalue weighted by Crippen LogP contribution is -1.97. The molecule has 0 unspecified atom stereocenters. The van der Waals surface area contributed by atoms with Crippen LogP contribution in [0.15, 0.2) is 6.07 Å². The topological polar surface area (TPSA) is 66.0 Å². The molecule has 0 spiro atoms. The maximum absolute atomic E-state index is 10.7. The monoisotopic (exact) mass is 224 g/mol. The number of carbonyl (C=O) groups is 1. The van der Waals surface area contributed by atoms with E-state index in [1.807, 2.05) is 13.8 Å². The van der Waals surface area contributed by atoms with E-state index in [1.165, 1.54) is 0 Å². The third kappa shape index (κ3) is 1.47. The van der Waals surface area contributed by atoms with Crippen LogP contribution in [0, 0.1) is 13.8 Å². The summed E-state index contributed by atoms with van der Waals surface area (Å²) in [5, 5.41) is 9.42. The van der Waals surface area contributed by atoms with Gasteiger partial charge in [0.1, 0.15) is 0 Å². The van der Waals surface area contributed by atoms with E-state index in [1.54, 1.807) is 6.07 Å². The van der Waals surface area contributed by atoms with Crippen LogP contribution in [0.3, 0.4) is 0 Å². The lowest BCUT2D eigenvalue weighted by molar-refractivity contribution is 0.0685. The molecule has 1 heterocycles. The fourth-order valence-corrected chi connectivity index (χ4v) is 1.70. The molecule has 78 valence electrons. The van der Waals surface area contributed by atoms with Crippen molar-refractivity contribution in [3.8, 4) is 0 Å². The second kappa shape index (κ2) is 3.24. The predicted molar refractivity (Wildman–Crippen MR) is 57.5 cm³/mol. The Labute approximate surface area is 90.9 Å². The number of nitrogens with one attached hydrogen (secondary N) is 1. The molecule has 0 radical (unpaired) electrons. The van der Waals surface area contributed by atoms with Gasteiger partial charge in [0.15, 0.2) is 0 Å². The van der Waals surface area contributed by atoms with Gasteiger partial charge >= 0.3 is 5.97 Å². The van der Waals surface area contributed by atoms with Crippen LogP contribution in [0.5, 0.6) is 0 Å². The van der Waals surface area contributed by atoms with Gasteiger partial charge in [-0.15, -0.1) is 0 Å². The Balaban J connectivity index is 2.82. The Morgan fingerprint density at radius 2 is 2.20 bits per heavy atom. The van der Waals surface area contributed by atoms with Gasteiger partial charge in [0.25, 0.3) is 0 Å². The third-order valence-corrected chi connectivity index (χ3v) is 2.91. The Bertz CT molecular complexity index is 560. The van der Waals surface area contributed by atoms with Crippen molar-refractivity contribution in [2.75, 3.05) is 0 Å². The molecule has 1 aromatic heterocycles. The van der Waals surface area contributed by atoms with E-state index in [4.69, 9.17) is 16.7 Å². The molecular weight excluding hydrogens is 216 g/mol. The van der Waals surface area contributed by atoms with Gasteiger partial charge in [-0.3, -0.25) is 0 Å². The van der Waals surface area contributed by atoms with Crippen molar-refractivity contribution in [2.45, 2.75) is 13.8 Å². The number of halogens is 1. The molecule has 2 N–H and O–H groups in total. The van der Waals surface area contributed by atoms with Gasteiger partial charge in [0.2, 0.25) is 5.82 Å². The third-order valence-electron chi connectivity index (χ3n) is 2.33. The Morgan fingerprint density at radius 1 is 1.53 bits per heavy atom. The average Bonchev–Trinajstić information content (AvgIpc) is 2.58. The fraction of sp³-hybridized carbons (Fsp3) is 0.200. The number of aromatic amines is 1. The van der Waals surface area contributed by atoms with Gasteiger partial charge in [-0.1, -0.05) is 11.6 Å². The number of hydrogen-bond acceptors (Lipinski definition) is 2. The minimum atomic E-state index is -1.07. The number of nitrogens with zero attached hydrogens (tertiary/aromatic N) is 1. The van der Waals surface area contributed by atoms with Crippen molar-refractivity contribution in [3.05, 3.63) is 28.0 Å². The number of aryl methyl sites for hydroxylation is 2. The molecule has 0 atom stereocenters. The van der Waals surface area contributed by atoms with Gasteiger partial charge < -0.3 is 10.1 Å². The molecule has 0 aliphatic heterocycles. The van der Waals surface area contributed by atoms with Crippen LogP contribution >= 0.6 is 11.6 Å². The minimum Gasteiger partial charge on any atom is -0.475 e. The van der Waals surface area contributed by atoms with E-state index in [0.717, 1.165) is 11.1 Å². The number of rotatable bonds is 1. The number of carboxylic acids is 1. The lowest BCUT2D eigenvalue weighted by Gasteiger charge is -2.01. The normalized spacial score (nSPS) is 10.9. The van der Waals surface area contributed by atoms with Crippen LogP contribution in [0.1, 0.15) is 21.7 Å². The zero-order valence-electron chi connectivity index (χ0n) is 8.26. The highest BCUT2D eigenvalue weighted by Gasteiger charge is 2.13. The van der Waals surface area contributed by atoms with Gasteiger partial charge in [-0.05, 0) is 31.0 Å². The summed E-state index contributed by atoms with van der Waals surface area (Å²) in [5.41, 5.74) is 3.02. The van der Waals surface area contributed by atoms with Crippen molar-refractivity contribution in [1.82, 2.24) is 9.97 Å². The summed E-state index contributed by atoms with van der Waals surface area (Å²) in [6.07, 6.45) is 0. The van der Waals surface area contributed by atoms with Crippen LogP contribution in [0.25, 0.3) is 11.0 Å². The summed E-state index contributed by atoms with van der Waals surface area (Å²) in [4.78, 5) is 17.4. The first kappa shape index (κ1) is 9.98. The Hall–Kier alpha value is -1.55. The molecular formula is C10H9ClN2O2. The van der Waals surface area contributed by atoms with E-state index < -0.39 is 5.97 Å². The first-order chi connectivity index (χ1) is 7.00. The summed E-state index contributed by atoms with van der Waals surface area (Å²) < 4.78 is 0. The van der Waals surface area contributed by atoms with Gasteiger partial charge in [-0.2, -0.15) is 0 Å². The average molecular weight is 225 g/mol. The molecule has 0 saturated carbocycles. The minimum absolute atomic E-state index is 0.0604. The SMILES string of the molecule is Cc1cc2[nH]c(C(=O)O)nc2c(C)c1Cl. The van der Waals surface area contributed by atoms with E-state index in [0.29, 0.717) is 16.1 Å². The fourth-order valence-electron chi connectivity index (χ4n) is 1.56. The zero-order chi connectivity index (χ0) is 11.2.